The van der Waals surface area contributed by atoms with Crippen molar-refractivity contribution in [2.75, 3.05) is 40.4 Å². The Morgan fingerprint density at radius 3 is 2.52 bits per heavy atom. The van der Waals surface area contributed by atoms with Crippen LogP contribution in [0.3, 0.4) is 0 Å². The first-order chi connectivity index (χ1) is 12.6. The molecular formula is C19H30ClIN4O2. The van der Waals surface area contributed by atoms with Crippen LogP contribution in [-0.4, -0.2) is 52.3 Å². The third-order valence-electron chi connectivity index (χ3n) is 4.93. The van der Waals surface area contributed by atoms with Crippen LogP contribution in [0.15, 0.2) is 29.3 Å². The zero-order valence-electron chi connectivity index (χ0n) is 16.0. The highest BCUT2D eigenvalue weighted by Gasteiger charge is 2.36. The molecule has 152 valence electrons. The molecule has 6 nitrogen and oxygen atoms in total. The number of carbonyl (C=O) groups excluding carboxylic acids is 1. The Labute approximate surface area is 183 Å². The molecule has 0 bridgehead atoms. The van der Waals surface area contributed by atoms with E-state index in [9.17, 15) is 4.79 Å². The van der Waals surface area contributed by atoms with Crippen LogP contribution in [0.2, 0.25) is 5.02 Å². The molecule has 0 aromatic heterocycles. The van der Waals surface area contributed by atoms with Gasteiger partial charge >= 0.3 is 0 Å². The van der Waals surface area contributed by atoms with Crippen molar-refractivity contribution in [3.05, 3.63) is 34.9 Å². The first-order valence-electron chi connectivity index (χ1n) is 9.06. The topological polar surface area (TPSA) is 74.8 Å². The number of guanidine groups is 1. The van der Waals surface area contributed by atoms with E-state index < -0.39 is 0 Å². The lowest BCUT2D eigenvalue weighted by atomic mass is 9.67. The molecule has 0 heterocycles. The molecule has 1 aliphatic carbocycles. The lowest BCUT2D eigenvalue weighted by Gasteiger charge is -2.42. The Morgan fingerprint density at radius 2 is 1.93 bits per heavy atom. The minimum atomic E-state index is -0.173. The predicted molar refractivity (Wildman–Crippen MR) is 121 cm³/mol. The van der Waals surface area contributed by atoms with Gasteiger partial charge in [-0.05, 0) is 36.8 Å². The minimum absolute atomic E-state index is 0. The summed E-state index contributed by atoms with van der Waals surface area (Å²) >= 11 is 6.03. The summed E-state index contributed by atoms with van der Waals surface area (Å²) in [7, 11) is 3.50. The van der Waals surface area contributed by atoms with Crippen molar-refractivity contribution in [3.63, 3.8) is 0 Å². The van der Waals surface area contributed by atoms with Gasteiger partial charge in [-0.25, -0.2) is 0 Å². The second-order valence-electron chi connectivity index (χ2n) is 6.68. The van der Waals surface area contributed by atoms with Crippen LogP contribution in [0.25, 0.3) is 0 Å². The average molecular weight is 509 g/mol. The van der Waals surface area contributed by atoms with Gasteiger partial charge < -0.3 is 20.7 Å². The number of halogens is 2. The van der Waals surface area contributed by atoms with Crippen molar-refractivity contribution in [3.8, 4) is 0 Å². The Bertz CT molecular complexity index is 623. The number of hydrogen-bond acceptors (Lipinski definition) is 3. The summed E-state index contributed by atoms with van der Waals surface area (Å²) in [6, 6.07) is 7.02. The molecule has 1 amide bonds. The molecule has 1 aromatic carbocycles. The number of amides is 1. The number of methoxy groups -OCH3 is 1. The van der Waals surface area contributed by atoms with E-state index in [4.69, 9.17) is 16.3 Å². The molecule has 0 aliphatic heterocycles. The number of carbonyl (C=O) groups is 1. The molecule has 1 saturated carbocycles. The number of aliphatic imine (C=N–C) groups is 1. The second-order valence-corrected chi connectivity index (χ2v) is 7.09. The van der Waals surface area contributed by atoms with Crippen LogP contribution in [0.5, 0.6) is 0 Å². The molecule has 3 N–H and O–H groups in total. The number of nitrogens with one attached hydrogen (secondary N) is 3. The number of rotatable bonds is 9. The van der Waals surface area contributed by atoms with Gasteiger partial charge in [0, 0.05) is 40.4 Å². The van der Waals surface area contributed by atoms with E-state index in [2.05, 4.69) is 20.9 Å². The molecule has 2 rings (SSSR count). The van der Waals surface area contributed by atoms with Crippen molar-refractivity contribution in [2.24, 2.45) is 10.4 Å². The molecular weight excluding hydrogens is 479 g/mol. The summed E-state index contributed by atoms with van der Waals surface area (Å²) in [5.74, 6) is 0.578. The molecule has 1 fully saturated rings. The largest absolute Gasteiger partial charge is 0.385 e. The van der Waals surface area contributed by atoms with Crippen LogP contribution in [0.4, 0.5) is 0 Å². The normalized spacial score (nSPS) is 15.3. The van der Waals surface area contributed by atoms with Crippen LogP contribution < -0.4 is 16.0 Å². The molecule has 27 heavy (non-hydrogen) atoms. The summed E-state index contributed by atoms with van der Waals surface area (Å²) in [5, 5.41) is 9.94. The molecule has 0 atom stereocenters. The van der Waals surface area contributed by atoms with Gasteiger partial charge in [0.1, 0.15) is 0 Å². The molecule has 1 aromatic rings. The summed E-state index contributed by atoms with van der Waals surface area (Å²) in [5.41, 5.74) is 0.813. The van der Waals surface area contributed by atoms with E-state index in [1.807, 2.05) is 0 Å². The Morgan fingerprint density at radius 1 is 1.22 bits per heavy atom. The minimum Gasteiger partial charge on any atom is -0.385 e. The Kier molecular flexibility index (Phi) is 11.0. The molecule has 0 unspecified atom stereocenters. The molecule has 0 saturated heterocycles. The van der Waals surface area contributed by atoms with Gasteiger partial charge in [-0.1, -0.05) is 30.2 Å². The highest BCUT2D eigenvalue weighted by Crippen LogP contribution is 2.43. The summed E-state index contributed by atoms with van der Waals surface area (Å²) in [4.78, 5) is 16.4. The number of benzene rings is 1. The highest BCUT2D eigenvalue weighted by molar-refractivity contribution is 14.0. The standard InChI is InChI=1S/C19H29ClN4O2.HI/c1-21-18(24-14-19(8-5-9-19)10-13-26-2)23-12-11-22-17(25)15-6-3-4-7-16(15)20;/h3-4,6-7H,5,8-14H2,1-2H3,(H,22,25)(H2,21,23,24);1H. The van der Waals surface area contributed by atoms with E-state index in [0.29, 0.717) is 29.1 Å². The van der Waals surface area contributed by atoms with Crippen LogP contribution in [-0.2, 0) is 4.74 Å². The monoisotopic (exact) mass is 508 g/mol. The van der Waals surface area contributed by atoms with Gasteiger partial charge in [-0.2, -0.15) is 0 Å². The fourth-order valence-electron chi connectivity index (χ4n) is 3.10. The SMILES string of the molecule is CN=C(NCCNC(=O)c1ccccc1Cl)NCC1(CCOC)CCC1.I. The van der Waals surface area contributed by atoms with Gasteiger partial charge in [0.15, 0.2) is 5.96 Å². The number of nitrogens with zero attached hydrogens (tertiary/aromatic N) is 1. The van der Waals surface area contributed by atoms with Crippen LogP contribution in [0, 0.1) is 5.41 Å². The van der Waals surface area contributed by atoms with E-state index >= 15 is 0 Å². The summed E-state index contributed by atoms with van der Waals surface area (Å²) in [6.07, 6.45) is 4.81. The number of ether oxygens (including phenoxy) is 1. The maximum atomic E-state index is 12.1. The maximum Gasteiger partial charge on any atom is 0.252 e. The third-order valence-corrected chi connectivity index (χ3v) is 5.26. The fourth-order valence-corrected chi connectivity index (χ4v) is 3.32. The maximum absolute atomic E-state index is 12.1. The quantitative estimate of drug-likeness (QED) is 0.207. The van der Waals surface area contributed by atoms with E-state index in [0.717, 1.165) is 25.5 Å². The lowest BCUT2D eigenvalue weighted by molar-refractivity contribution is 0.0732. The molecule has 0 spiro atoms. The van der Waals surface area contributed by atoms with Crippen molar-refractivity contribution in [2.45, 2.75) is 25.7 Å². The first-order valence-corrected chi connectivity index (χ1v) is 9.44. The zero-order chi connectivity index (χ0) is 18.8. The van der Waals surface area contributed by atoms with E-state index in [-0.39, 0.29) is 29.9 Å². The van der Waals surface area contributed by atoms with E-state index in [1.165, 1.54) is 19.3 Å². The van der Waals surface area contributed by atoms with E-state index in [1.54, 1.807) is 38.4 Å². The van der Waals surface area contributed by atoms with Crippen LogP contribution >= 0.6 is 35.6 Å². The number of hydrogen-bond donors (Lipinski definition) is 3. The van der Waals surface area contributed by atoms with Gasteiger partial charge in [0.05, 0.1) is 10.6 Å². The van der Waals surface area contributed by atoms with Gasteiger partial charge in [-0.15, -0.1) is 24.0 Å². The summed E-state index contributed by atoms with van der Waals surface area (Å²) in [6.45, 7) is 2.75. The van der Waals surface area contributed by atoms with Crippen molar-refractivity contribution in [1.82, 2.24) is 16.0 Å². The zero-order valence-corrected chi connectivity index (χ0v) is 19.1. The smallest absolute Gasteiger partial charge is 0.252 e. The fraction of sp³-hybridized carbons (Fsp3) is 0.579. The second kappa shape index (κ2) is 12.4. The first kappa shape index (κ1) is 24.0. The third kappa shape index (κ3) is 7.46. The highest BCUT2D eigenvalue weighted by atomic mass is 127. The average Bonchev–Trinajstić information content (AvgIpc) is 2.62. The van der Waals surface area contributed by atoms with Crippen molar-refractivity contribution < 1.29 is 9.53 Å². The van der Waals surface area contributed by atoms with Gasteiger partial charge in [-0.3, -0.25) is 9.79 Å². The van der Waals surface area contributed by atoms with Crippen molar-refractivity contribution in [1.29, 1.82) is 0 Å². The molecule has 8 heteroatoms. The Hall–Kier alpha value is -1.06. The van der Waals surface area contributed by atoms with Crippen LogP contribution in [0.1, 0.15) is 36.0 Å². The summed E-state index contributed by atoms with van der Waals surface area (Å²) < 4.78 is 5.23. The Balaban J connectivity index is 0.00000364. The van der Waals surface area contributed by atoms with Gasteiger partial charge in [0.2, 0.25) is 0 Å². The van der Waals surface area contributed by atoms with Gasteiger partial charge in [0.25, 0.3) is 5.91 Å². The molecule has 1 aliphatic rings. The predicted octanol–water partition coefficient (Wildman–Crippen LogP) is 3.06. The van der Waals surface area contributed by atoms with Crippen molar-refractivity contribution >= 4 is 47.4 Å². The molecule has 0 radical (unpaired) electrons. The lowest BCUT2D eigenvalue weighted by Crippen LogP contribution is -2.48.